The highest BCUT2D eigenvalue weighted by Gasteiger charge is 2.16. The minimum Gasteiger partial charge on any atom is -0.460 e. The van der Waals surface area contributed by atoms with Crippen LogP contribution in [0.2, 0.25) is 5.02 Å². The Hall–Kier alpha value is -2.08. The van der Waals surface area contributed by atoms with Crippen molar-refractivity contribution in [1.29, 1.82) is 0 Å². The maximum atomic E-state index is 11.4. The molecule has 0 bridgehead atoms. The van der Waals surface area contributed by atoms with Crippen LogP contribution in [0, 0.1) is 0 Å². The van der Waals surface area contributed by atoms with E-state index in [-0.39, 0.29) is 18.3 Å². The Morgan fingerprint density at radius 3 is 3.00 bits per heavy atom. The van der Waals surface area contributed by atoms with E-state index in [9.17, 15) is 4.79 Å². The van der Waals surface area contributed by atoms with Gasteiger partial charge >= 0.3 is 5.97 Å². The number of hydrogen-bond donors (Lipinski definition) is 1. The van der Waals surface area contributed by atoms with E-state index in [1.165, 1.54) is 0 Å². The van der Waals surface area contributed by atoms with Crippen LogP contribution in [0.5, 0.6) is 0 Å². The maximum absolute atomic E-state index is 11.4. The number of hydrogen-bond acceptors (Lipinski definition) is 6. The molecule has 1 aromatic heterocycles. The number of nitrogen functional groups attached to an aromatic ring is 1. The van der Waals surface area contributed by atoms with Gasteiger partial charge in [-0.25, -0.2) is 4.79 Å². The first kappa shape index (κ1) is 12.4. The number of nitrogens with two attached hydrogens (primary N) is 1. The summed E-state index contributed by atoms with van der Waals surface area (Å²) in [7, 11) is 0. The zero-order chi connectivity index (χ0) is 13.1. The number of benzene rings is 1. The quantitative estimate of drug-likeness (QED) is 0.677. The van der Waals surface area contributed by atoms with Crippen molar-refractivity contribution in [2.75, 3.05) is 12.3 Å². The lowest BCUT2D eigenvalue weighted by Gasteiger charge is -1.98. The first-order valence-electron chi connectivity index (χ1n) is 5.18. The number of carbonyl (C=O) groups excluding carboxylic acids is 1. The minimum atomic E-state index is -0.630. The lowest BCUT2D eigenvalue weighted by molar-refractivity contribution is 0.0508. The van der Waals surface area contributed by atoms with Crippen molar-refractivity contribution in [1.82, 2.24) is 10.1 Å². The molecule has 0 fully saturated rings. The SMILES string of the molecule is CCOC(=O)c1noc(-c2ccc(Cl)c(N)c2)n1. The number of nitrogens with zero attached hydrogens (tertiary/aromatic N) is 2. The van der Waals surface area contributed by atoms with Crippen LogP contribution in [-0.4, -0.2) is 22.7 Å². The number of esters is 1. The Morgan fingerprint density at radius 1 is 1.56 bits per heavy atom. The van der Waals surface area contributed by atoms with Gasteiger partial charge in [-0.1, -0.05) is 11.6 Å². The Kier molecular flexibility index (Phi) is 3.47. The number of ether oxygens (including phenoxy) is 1. The fraction of sp³-hybridized carbons (Fsp3) is 0.182. The van der Waals surface area contributed by atoms with E-state index in [4.69, 9.17) is 26.6 Å². The van der Waals surface area contributed by atoms with Crippen LogP contribution in [0.4, 0.5) is 5.69 Å². The molecule has 2 aromatic rings. The van der Waals surface area contributed by atoms with Crippen molar-refractivity contribution in [3.8, 4) is 11.5 Å². The molecule has 0 saturated heterocycles. The smallest absolute Gasteiger partial charge is 0.379 e. The van der Waals surface area contributed by atoms with Gasteiger partial charge in [-0.2, -0.15) is 4.98 Å². The van der Waals surface area contributed by atoms with Gasteiger partial charge in [0, 0.05) is 5.56 Å². The molecule has 0 radical (unpaired) electrons. The zero-order valence-corrected chi connectivity index (χ0v) is 10.3. The molecule has 94 valence electrons. The van der Waals surface area contributed by atoms with Crippen molar-refractivity contribution in [3.05, 3.63) is 29.0 Å². The molecule has 0 spiro atoms. The van der Waals surface area contributed by atoms with E-state index >= 15 is 0 Å². The summed E-state index contributed by atoms with van der Waals surface area (Å²) in [6.45, 7) is 1.94. The summed E-state index contributed by atoms with van der Waals surface area (Å²) in [5, 5.41) is 3.96. The van der Waals surface area contributed by atoms with Crippen molar-refractivity contribution < 1.29 is 14.1 Å². The van der Waals surface area contributed by atoms with Gasteiger partial charge in [-0.15, -0.1) is 0 Å². The summed E-state index contributed by atoms with van der Waals surface area (Å²) >= 11 is 5.80. The predicted molar refractivity (Wildman–Crippen MR) is 65.1 cm³/mol. The highest BCUT2D eigenvalue weighted by Crippen LogP contribution is 2.25. The van der Waals surface area contributed by atoms with Crippen LogP contribution in [0.3, 0.4) is 0 Å². The van der Waals surface area contributed by atoms with Gasteiger partial charge in [-0.05, 0) is 30.3 Å². The van der Waals surface area contributed by atoms with Crippen LogP contribution in [-0.2, 0) is 4.74 Å². The molecule has 1 aromatic carbocycles. The van der Waals surface area contributed by atoms with E-state index in [1.54, 1.807) is 25.1 Å². The number of aromatic nitrogens is 2. The van der Waals surface area contributed by atoms with Gasteiger partial charge in [0.1, 0.15) is 0 Å². The predicted octanol–water partition coefficient (Wildman–Crippen LogP) is 2.15. The Balaban J connectivity index is 2.29. The molecular weight excluding hydrogens is 258 g/mol. The van der Waals surface area contributed by atoms with Crippen LogP contribution >= 0.6 is 11.6 Å². The van der Waals surface area contributed by atoms with Crippen molar-refractivity contribution in [2.24, 2.45) is 0 Å². The molecule has 0 amide bonds. The van der Waals surface area contributed by atoms with E-state index in [1.807, 2.05) is 0 Å². The van der Waals surface area contributed by atoms with Gasteiger partial charge in [-0.3, -0.25) is 0 Å². The highest BCUT2D eigenvalue weighted by molar-refractivity contribution is 6.33. The molecule has 0 aliphatic heterocycles. The fourth-order valence-corrected chi connectivity index (χ4v) is 1.41. The topological polar surface area (TPSA) is 91.2 Å². The molecule has 2 rings (SSSR count). The molecule has 1 heterocycles. The van der Waals surface area contributed by atoms with Gasteiger partial charge in [0.2, 0.25) is 0 Å². The molecule has 0 aliphatic carbocycles. The molecule has 0 unspecified atom stereocenters. The molecule has 18 heavy (non-hydrogen) atoms. The summed E-state index contributed by atoms with van der Waals surface area (Å²) in [4.78, 5) is 15.3. The summed E-state index contributed by atoms with van der Waals surface area (Å²) in [6, 6.07) is 4.87. The Morgan fingerprint density at radius 2 is 2.33 bits per heavy atom. The van der Waals surface area contributed by atoms with Crippen LogP contribution in [0.1, 0.15) is 17.5 Å². The molecule has 2 N–H and O–H groups in total. The van der Waals surface area contributed by atoms with E-state index in [2.05, 4.69) is 10.1 Å². The lowest BCUT2D eigenvalue weighted by atomic mass is 10.2. The van der Waals surface area contributed by atoms with Crippen molar-refractivity contribution in [3.63, 3.8) is 0 Å². The Labute approximate surface area is 108 Å². The lowest BCUT2D eigenvalue weighted by Crippen LogP contribution is -2.06. The van der Waals surface area contributed by atoms with Crippen molar-refractivity contribution >= 4 is 23.3 Å². The van der Waals surface area contributed by atoms with Crippen LogP contribution < -0.4 is 5.73 Å². The second-order valence-corrected chi connectivity index (χ2v) is 3.79. The maximum Gasteiger partial charge on any atom is 0.379 e. The molecule has 6 nitrogen and oxygen atoms in total. The number of halogens is 1. The molecule has 0 atom stereocenters. The number of carbonyl (C=O) groups is 1. The Bertz CT molecular complexity index is 583. The first-order valence-corrected chi connectivity index (χ1v) is 5.56. The van der Waals surface area contributed by atoms with Gasteiger partial charge < -0.3 is 15.0 Å². The monoisotopic (exact) mass is 267 g/mol. The highest BCUT2D eigenvalue weighted by atomic mass is 35.5. The summed E-state index contributed by atoms with van der Waals surface area (Å²) < 4.78 is 9.70. The minimum absolute atomic E-state index is 0.125. The van der Waals surface area contributed by atoms with Gasteiger partial charge in [0.05, 0.1) is 17.3 Å². The van der Waals surface area contributed by atoms with E-state index in [0.29, 0.717) is 16.3 Å². The fourth-order valence-electron chi connectivity index (χ4n) is 1.30. The first-order chi connectivity index (χ1) is 8.61. The second-order valence-electron chi connectivity index (χ2n) is 3.38. The third-order valence-corrected chi connectivity index (χ3v) is 2.47. The zero-order valence-electron chi connectivity index (χ0n) is 9.51. The standard InChI is InChI=1S/C11H10ClN3O3/c1-2-17-11(16)9-14-10(18-15-9)6-3-4-7(12)8(13)5-6/h3-5H,2,13H2,1H3. The van der Waals surface area contributed by atoms with Crippen LogP contribution in [0.15, 0.2) is 22.7 Å². The van der Waals surface area contributed by atoms with Crippen LogP contribution in [0.25, 0.3) is 11.5 Å². The van der Waals surface area contributed by atoms with Crippen molar-refractivity contribution in [2.45, 2.75) is 6.92 Å². The second kappa shape index (κ2) is 5.05. The number of rotatable bonds is 3. The molecule has 7 heteroatoms. The molecular formula is C11H10ClN3O3. The summed E-state index contributed by atoms with van der Waals surface area (Å²) in [5.74, 6) is -0.573. The molecule has 0 saturated carbocycles. The third kappa shape index (κ3) is 2.43. The van der Waals surface area contributed by atoms with Gasteiger partial charge in [0.25, 0.3) is 11.7 Å². The summed E-state index contributed by atoms with van der Waals surface area (Å²) in [6.07, 6.45) is 0. The van der Waals surface area contributed by atoms with Gasteiger partial charge in [0.15, 0.2) is 0 Å². The normalized spacial score (nSPS) is 10.3. The average molecular weight is 268 g/mol. The van der Waals surface area contributed by atoms with E-state index in [0.717, 1.165) is 0 Å². The summed E-state index contributed by atoms with van der Waals surface area (Å²) in [5.41, 5.74) is 6.64. The molecule has 0 aliphatic rings. The third-order valence-electron chi connectivity index (χ3n) is 2.13. The number of anilines is 1. The average Bonchev–Trinajstić information content (AvgIpc) is 2.82. The largest absolute Gasteiger partial charge is 0.460 e. The van der Waals surface area contributed by atoms with E-state index < -0.39 is 5.97 Å².